The summed E-state index contributed by atoms with van der Waals surface area (Å²) in [5, 5.41) is 3.16. The molecule has 1 heteroatoms. The molecule has 0 aliphatic rings. The number of rotatable bonds is 8. The highest BCUT2D eigenvalue weighted by Gasteiger charge is 2.14. The van der Waals surface area contributed by atoms with E-state index in [0.717, 1.165) is 0 Å². The Morgan fingerprint density at radius 2 is 1.09 bits per heavy atom. The second-order valence-electron chi connectivity index (χ2n) is 6.02. The first-order chi connectivity index (χ1) is 10.8. The summed E-state index contributed by atoms with van der Waals surface area (Å²) in [6.45, 7) is 6.99. The second-order valence-corrected chi connectivity index (χ2v) is 8.11. The van der Waals surface area contributed by atoms with Gasteiger partial charge in [-0.2, -0.15) is 0 Å². The molecule has 0 radical (unpaired) electrons. The topological polar surface area (TPSA) is 0 Å². The molecule has 0 atom stereocenters. The summed E-state index contributed by atoms with van der Waals surface area (Å²) < 4.78 is 0. The predicted octanol–water partition coefficient (Wildman–Crippen LogP) is 5.43. The number of hydrogen-bond donors (Lipinski definition) is 0. The van der Waals surface area contributed by atoms with E-state index in [9.17, 15) is 0 Å². The standard InChI is InChI=1S/C21H29P/c1-4-6-12-18-14-8-10-16-20(18)22(3)21-17-11-9-15-19(21)13-7-5-2/h8-11,14-17H,4-7,12-13H2,1-3H3. The van der Waals surface area contributed by atoms with Gasteiger partial charge in [-0.3, -0.25) is 0 Å². The maximum absolute atomic E-state index is 2.44. The Morgan fingerprint density at radius 3 is 1.50 bits per heavy atom. The molecule has 0 saturated heterocycles. The van der Waals surface area contributed by atoms with Crippen LogP contribution in [-0.4, -0.2) is 6.66 Å². The molecule has 0 unspecified atom stereocenters. The van der Waals surface area contributed by atoms with Crippen molar-refractivity contribution in [1.29, 1.82) is 0 Å². The zero-order valence-electron chi connectivity index (χ0n) is 14.3. The lowest BCUT2D eigenvalue weighted by Gasteiger charge is -2.20. The summed E-state index contributed by atoms with van der Waals surface area (Å²) in [7, 11) is -0.245. The lowest BCUT2D eigenvalue weighted by atomic mass is 10.1. The minimum absolute atomic E-state index is 0.245. The van der Waals surface area contributed by atoms with Crippen molar-refractivity contribution >= 4 is 18.5 Å². The van der Waals surface area contributed by atoms with E-state index in [2.05, 4.69) is 69.0 Å². The fraction of sp³-hybridized carbons (Fsp3) is 0.429. The predicted molar refractivity (Wildman–Crippen MR) is 102 cm³/mol. The first kappa shape index (κ1) is 17.2. The van der Waals surface area contributed by atoms with Crippen molar-refractivity contribution in [3.05, 3.63) is 59.7 Å². The van der Waals surface area contributed by atoms with Crippen molar-refractivity contribution in [2.24, 2.45) is 0 Å². The van der Waals surface area contributed by atoms with E-state index in [1.165, 1.54) is 38.5 Å². The van der Waals surface area contributed by atoms with E-state index in [4.69, 9.17) is 0 Å². The highest BCUT2D eigenvalue weighted by Crippen LogP contribution is 2.32. The van der Waals surface area contributed by atoms with Gasteiger partial charge in [-0.1, -0.05) is 75.2 Å². The fourth-order valence-corrected chi connectivity index (χ4v) is 5.08. The Balaban J connectivity index is 2.30. The van der Waals surface area contributed by atoms with Gasteiger partial charge in [0.1, 0.15) is 0 Å². The van der Waals surface area contributed by atoms with Crippen LogP contribution in [0, 0.1) is 0 Å². The summed E-state index contributed by atoms with van der Waals surface area (Å²) in [6.07, 6.45) is 7.55. The van der Waals surface area contributed by atoms with Crippen LogP contribution in [0.4, 0.5) is 0 Å². The van der Waals surface area contributed by atoms with E-state index in [0.29, 0.717) is 0 Å². The van der Waals surface area contributed by atoms with Crippen LogP contribution in [0.25, 0.3) is 0 Å². The number of aryl methyl sites for hydroxylation is 2. The Hall–Kier alpha value is -1.13. The Morgan fingerprint density at radius 1 is 0.682 bits per heavy atom. The summed E-state index contributed by atoms with van der Waals surface area (Å²) in [5.41, 5.74) is 3.12. The summed E-state index contributed by atoms with van der Waals surface area (Å²) in [4.78, 5) is 0. The van der Waals surface area contributed by atoms with E-state index in [1.807, 2.05) is 0 Å². The quantitative estimate of drug-likeness (QED) is 0.570. The molecule has 118 valence electrons. The van der Waals surface area contributed by atoms with Gasteiger partial charge in [0.05, 0.1) is 0 Å². The van der Waals surface area contributed by atoms with Crippen molar-refractivity contribution in [3.63, 3.8) is 0 Å². The van der Waals surface area contributed by atoms with Gasteiger partial charge in [-0.05, 0) is 62.0 Å². The number of hydrogen-bond acceptors (Lipinski definition) is 0. The molecule has 0 aliphatic heterocycles. The molecular weight excluding hydrogens is 283 g/mol. The first-order valence-electron chi connectivity index (χ1n) is 8.67. The van der Waals surface area contributed by atoms with Gasteiger partial charge in [-0.25, -0.2) is 0 Å². The molecule has 0 aromatic heterocycles. The van der Waals surface area contributed by atoms with Crippen molar-refractivity contribution in [2.45, 2.75) is 52.4 Å². The van der Waals surface area contributed by atoms with Gasteiger partial charge in [0.25, 0.3) is 0 Å². The SMILES string of the molecule is CCCCc1ccccc1P(C)c1ccccc1CCCC. The molecule has 0 aliphatic carbocycles. The first-order valence-corrected chi connectivity index (χ1v) is 10.5. The monoisotopic (exact) mass is 312 g/mol. The molecule has 22 heavy (non-hydrogen) atoms. The second kappa shape index (κ2) is 9.11. The molecule has 0 spiro atoms. The van der Waals surface area contributed by atoms with Gasteiger partial charge >= 0.3 is 0 Å². The van der Waals surface area contributed by atoms with E-state index < -0.39 is 0 Å². The maximum Gasteiger partial charge on any atom is -0.0166 e. The third kappa shape index (κ3) is 4.43. The van der Waals surface area contributed by atoms with Crippen LogP contribution in [-0.2, 0) is 12.8 Å². The highest BCUT2D eigenvalue weighted by atomic mass is 31.1. The molecule has 2 aromatic carbocycles. The molecule has 2 rings (SSSR count). The fourth-order valence-electron chi connectivity index (χ4n) is 2.96. The Bertz CT molecular complexity index is 522. The molecule has 0 nitrogen and oxygen atoms in total. The lowest BCUT2D eigenvalue weighted by molar-refractivity contribution is 0.797. The van der Waals surface area contributed by atoms with Crippen LogP contribution in [0.2, 0.25) is 0 Å². The van der Waals surface area contributed by atoms with Crippen molar-refractivity contribution in [2.75, 3.05) is 6.66 Å². The maximum atomic E-state index is 2.44. The van der Waals surface area contributed by atoms with Crippen LogP contribution < -0.4 is 10.6 Å². The summed E-state index contributed by atoms with van der Waals surface area (Å²) in [5.74, 6) is 0. The van der Waals surface area contributed by atoms with E-state index in [-0.39, 0.29) is 7.92 Å². The van der Waals surface area contributed by atoms with Crippen molar-refractivity contribution in [3.8, 4) is 0 Å². The molecule has 0 heterocycles. The molecule has 0 saturated carbocycles. The minimum Gasteiger partial charge on any atom is -0.0654 e. The third-order valence-electron chi connectivity index (χ3n) is 4.31. The highest BCUT2D eigenvalue weighted by molar-refractivity contribution is 7.72. The molecule has 0 amide bonds. The van der Waals surface area contributed by atoms with Gasteiger partial charge < -0.3 is 0 Å². The van der Waals surface area contributed by atoms with Crippen molar-refractivity contribution < 1.29 is 0 Å². The molecule has 0 fully saturated rings. The van der Waals surface area contributed by atoms with Gasteiger partial charge in [0.15, 0.2) is 0 Å². The average Bonchev–Trinajstić information content (AvgIpc) is 2.58. The Labute approximate surface area is 137 Å². The number of benzene rings is 2. The van der Waals surface area contributed by atoms with Crippen LogP contribution in [0.3, 0.4) is 0 Å². The average molecular weight is 312 g/mol. The zero-order chi connectivity index (χ0) is 15.8. The van der Waals surface area contributed by atoms with Crippen LogP contribution in [0.5, 0.6) is 0 Å². The van der Waals surface area contributed by atoms with E-state index >= 15 is 0 Å². The minimum atomic E-state index is -0.245. The zero-order valence-corrected chi connectivity index (χ0v) is 15.2. The third-order valence-corrected chi connectivity index (χ3v) is 6.62. The van der Waals surface area contributed by atoms with Crippen LogP contribution >= 0.6 is 7.92 Å². The summed E-state index contributed by atoms with van der Waals surface area (Å²) >= 11 is 0. The van der Waals surface area contributed by atoms with Gasteiger partial charge in [-0.15, -0.1) is 0 Å². The van der Waals surface area contributed by atoms with Crippen LogP contribution in [0.15, 0.2) is 48.5 Å². The van der Waals surface area contributed by atoms with Crippen molar-refractivity contribution in [1.82, 2.24) is 0 Å². The smallest absolute Gasteiger partial charge is 0.0166 e. The normalized spacial score (nSPS) is 11.1. The van der Waals surface area contributed by atoms with Gasteiger partial charge in [0, 0.05) is 0 Å². The summed E-state index contributed by atoms with van der Waals surface area (Å²) in [6, 6.07) is 18.2. The lowest BCUT2D eigenvalue weighted by Crippen LogP contribution is -2.18. The molecular formula is C21H29P. The van der Waals surface area contributed by atoms with Gasteiger partial charge in [0.2, 0.25) is 0 Å². The largest absolute Gasteiger partial charge is 0.0654 e. The molecule has 2 aromatic rings. The van der Waals surface area contributed by atoms with E-state index in [1.54, 1.807) is 21.7 Å². The number of unbranched alkanes of at least 4 members (excludes halogenated alkanes) is 2. The molecule has 0 N–H and O–H groups in total. The molecule has 0 bridgehead atoms. The Kier molecular flexibility index (Phi) is 7.13. The van der Waals surface area contributed by atoms with Crippen LogP contribution in [0.1, 0.15) is 50.7 Å².